The molecular formula is C26H29N5O2. The minimum Gasteiger partial charge on any atom is -0.305 e. The van der Waals surface area contributed by atoms with Crippen LogP contribution >= 0.6 is 0 Å². The van der Waals surface area contributed by atoms with Gasteiger partial charge in [-0.2, -0.15) is 0 Å². The molecule has 1 aliphatic heterocycles. The molecule has 0 bridgehead atoms. The largest absolute Gasteiger partial charge is 0.305 e. The molecule has 0 saturated heterocycles. The summed E-state index contributed by atoms with van der Waals surface area (Å²) >= 11 is 0. The number of benzene rings is 2. The van der Waals surface area contributed by atoms with Gasteiger partial charge in [-0.05, 0) is 63.9 Å². The number of nitrogens with one attached hydrogen (secondary N) is 1. The van der Waals surface area contributed by atoms with E-state index in [4.69, 9.17) is 4.98 Å². The highest BCUT2D eigenvalue weighted by atomic mass is 16.2. The van der Waals surface area contributed by atoms with E-state index in [1.54, 1.807) is 18.2 Å². The molecule has 0 spiro atoms. The number of aryl methyl sites for hydroxylation is 1. The van der Waals surface area contributed by atoms with Crippen molar-refractivity contribution in [2.24, 2.45) is 0 Å². The van der Waals surface area contributed by atoms with E-state index < -0.39 is 0 Å². The van der Waals surface area contributed by atoms with Gasteiger partial charge in [0, 0.05) is 24.1 Å². The van der Waals surface area contributed by atoms with Crippen LogP contribution in [0.4, 0.5) is 5.95 Å². The van der Waals surface area contributed by atoms with Crippen LogP contribution in [-0.4, -0.2) is 25.0 Å². The predicted molar refractivity (Wildman–Crippen MR) is 131 cm³/mol. The molecule has 0 radical (unpaired) electrons. The summed E-state index contributed by atoms with van der Waals surface area (Å²) in [5.41, 5.74) is 2.54. The molecule has 3 heterocycles. The lowest BCUT2D eigenvalue weighted by Gasteiger charge is -2.24. The van der Waals surface area contributed by atoms with Crippen molar-refractivity contribution in [1.29, 1.82) is 0 Å². The SMILES string of the molecule is CC(C)(C)n1c(NC(=O)c2ccc3c(=O)n4c(nc3c2)CCCCCC4)nc2ccccc21. The zero-order valence-corrected chi connectivity index (χ0v) is 19.4. The van der Waals surface area contributed by atoms with Crippen LogP contribution in [0.5, 0.6) is 0 Å². The molecule has 1 amide bonds. The summed E-state index contributed by atoms with van der Waals surface area (Å²) in [6.07, 6.45) is 5.11. The molecule has 0 atom stereocenters. The highest BCUT2D eigenvalue weighted by Gasteiger charge is 2.23. The molecule has 4 aromatic rings. The Balaban J connectivity index is 1.53. The monoisotopic (exact) mass is 443 g/mol. The summed E-state index contributed by atoms with van der Waals surface area (Å²) < 4.78 is 3.85. The van der Waals surface area contributed by atoms with E-state index in [0.29, 0.717) is 29.0 Å². The van der Waals surface area contributed by atoms with Crippen LogP contribution < -0.4 is 10.9 Å². The maximum Gasteiger partial charge on any atom is 0.261 e. The van der Waals surface area contributed by atoms with Gasteiger partial charge in [-0.15, -0.1) is 0 Å². The number of anilines is 1. The second-order valence-corrected chi connectivity index (χ2v) is 9.77. The minimum atomic E-state index is -0.272. The summed E-state index contributed by atoms with van der Waals surface area (Å²) in [6.45, 7) is 6.96. The van der Waals surface area contributed by atoms with Crippen LogP contribution in [0.1, 0.15) is 62.6 Å². The smallest absolute Gasteiger partial charge is 0.261 e. The molecule has 1 aliphatic rings. The number of hydrogen-bond acceptors (Lipinski definition) is 4. The number of rotatable bonds is 2. The van der Waals surface area contributed by atoms with Crippen LogP contribution in [0.2, 0.25) is 0 Å². The van der Waals surface area contributed by atoms with Gasteiger partial charge >= 0.3 is 0 Å². The average Bonchev–Trinajstić information content (AvgIpc) is 3.13. The van der Waals surface area contributed by atoms with E-state index in [9.17, 15) is 9.59 Å². The lowest BCUT2D eigenvalue weighted by molar-refractivity contribution is 0.102. The van der Waals surface area contributed by atoms with Gasteiger partial charge in [-0.1, -0.05) is 25.0 Å². The summed E-state index contributed by atoms with van der Waals surface area (Å²) in [7, 11) is 0. The van der Waals surface area contributed by atoms with Crippen LogP contribution in [0.25, 0.3) is 21.9 Å². The van der Waals surface area contributed by atoms with Crippen LogP contribution in [-0.2, 0) is 18.5 Å². The number of carbonyl (C=O) groups excluding carboxylic acids is 1. The van der Waals surface area contributed by atoms with Gasteiger partial charge in [0.2, 0.25) is 5.95 Å². The summed E-state index contributed by atoms with van der Waals surface area (Å²) in [5.74, 6) is 1.05. The van der Waals surface area contributed by atoms with Crippen LogP contribution in [0.3, 0.4) is 0 Å². The Morgan fingerprint density at radius 3 is 2.58 bits per heavy atom. The molecule has 1 N–H and O–H groups in total. The first kappa shape index (κ1) is 21.4. The maximum atomic E-state index is 13.2. The number of hydrogen-bond donors (Lipinski definition) is 1. The number of imidazole rings is 1. The zero-order valence-electron chi connectivity index (χ0n) is 19.4. The Morgan fingerprint density at radius 1 is 0.970 bits per heavy atom. The lowest BCUT2D eigenvalue weighted by Crippen LogP contribution is -2.27. The van der Waals surface area contributed by atoms with E-state index >= 15 is 0 Å². The fourth-order valence-corrected chi connectivity index (χ4v) is 4.70. The molecule has 0 saturated carbocycles. The normalized spacial score (nSPS) is 14.6. The molecular weight excluding hydrogens is 414 g/mol. The highest BCUT2D eigenvalue weighted by Crippen LogP contribution is 2.28. The summed E-state index contributed by atoms with van der Waals surface area (Å²) in [6, 6.07) is 13.0. The Bertz CT molecular complexity index is 1420. The quantitative estimate of drug-likeness (QED) is 0.479. The van der Waals surface area contributed by atoms with Crippen LogP contribution in [0.15, 0.2) is 47.3 Å². The molecule has 33 heavy (non-hydrogen) atoms. The number of fused-ring (bicyclic) bond motifs is 3. The van der Waals surface area contributed by atoms with Crippen molar-refractivity contribution in [1.82, 2.24) is 19.1 Å². The number of para-hydroxylation sites is 2. The molecule has 170 valence electrons. The fraction of sp³-hybridized carbons (Fsp3) is 0.385. The van der Waals surface area contributed by atoms with Gasteiger partial charge in [-0.3, -0.25) is 19.5 Å². The summed E-state index contributed by atoms with van der Waals surface area (Å²) in [5, 5.41) is 3.54. The Labute approximate surface area is 192 Å². The first-order valence-electron chi connectivity index (χ1n) is 11.7. The lowest BCUT2D eigenvalue weighted by atomic mass is 10.1. The molecule has 0 aliphatic carbocycles. The third-order valence-corrected chi connectivity index (χ3v) is 6.29. The Kier molecular flexibility index (Phi) is 5.27. The average molecular weight is 444 g/mol. The minimum absolute atomic E-state index is 0.0154. The number of amides is 1. The molecule has 0 fully saturated rings. The number of carbonyl (C=O) groups is 1. The highest BCUT2D eigenvalue weighted by molar-refractivity contribution is 6.06. The van der Waals surface area contributed by atoms with Gasteiger partial charge in [0.15, 0.2) is 0 Å². The van der Waals surface area contributed by atoms with Gasteiger partial charge in [0.05, 0.1) is 21.9 Å². The Hall–Kier alpha value is -3.48. The first-order valence-corrected chi connectivity index (χ1v) is 11.7. The van der Waals surface area contributed by atoms with Crippen molar-refractivity contribution in [3.05, 3.63) is 64.2 Å². The number of nitrogens with zero attached hydrogens (tertiary/aromatic N) is 4. The first-order chi connectivity index (χ1) is 15.8. The van der Waals surface area contributed by atoms with Crippen molar-refractivity contribution in [3.63, 3.8) is 0 Å². The van der Waals surface area contributed by atoms with E-state index in [1.807, 2.05) is 33.4 Å². The zero-order chi connectivity index (χ0) is 23.2. The van der Waals surface area contributed by atoms with Crippen molar-refractivity contribution in [2.45, 2.75) is 65.0 Å². The molecule has 5 rings (SSSR count). The van der Waals surface area contributed by atoms with Gasteiger partial charge in [0.1, 0.15) is 5.82 Å². The van der Waals surface area contributed by atoms with Gasteiger partial charge in [0.25, 0.3) is 11.5 Å². The van der Waals surface area contributed by atoms with Crippen molar-refractivity contribution < 1.29 is 4.79 Å². The van der Waals surface area contributed by atoms with E-state index in [0.717, 1.165) is 49.0 Å². The fourth-order valence-electron chi connectivity index (χ4n) is 4.70. The second-order valence-electron chi connectivity index (χ2n) is 9.77. The van der Waals surface area contributed by atoms with E-state index in [1.165, 1.54) is 0 Å². The van der Waals surface area contributed by atoms with E-state index in [2.05, 4.69) is 31.1 Å². The van der Waals surface area contributed by atoms with E-state index in [-0.39, 0.29) is 17.0 Å². The van der Waals surface area contributed by atoms with Crippen molar-refractivity contribution >= 4 is 33.8 Å². The molecule has 2 aromatic heterocycles. The molecule has 0 unspecified atom stereocenters. The molecule has 7 heteroatoms. The summed E-state index contributed by atoms with van der Waals surface area (Å²) in [4.78, 5) is 35.7. The van der Waals surface area contributed by atoms with Gasteiger partial charge < -0.3 is 4.57 Å². The van der Waals surface area contributed by atoms with Crippen molar-refractivity contribution in [3.8, 4) is 0 Å². The van der Waals surface area contributed by atoms with Crippen molar-refractivity contribution in [2.75, 3.05) is 5.32 Å². The molecule has 2 aromatic carbocycles. The van der Waals surface area contributed by atoms with Gasteiger partial charge in [-0.25, -0.2) is 9.97 Å². The maximum absolute atomic E-state index is 13.2. The standard InChI is InChI=1S/C26H29N5O2/c1-26(2,3)31-21-11-8-7-10-19(21)28-25(31)29-23(32)17-13-14-18-20(16-17)27-22-12-6-4-5-9-15-30(22)24(18)33/h7-8,10-11,13-14,16H,4-6,9,12,15H2,1-3H3,(H,28,29,32). The third kappa shape index (κ3) is 3.92. The van der Waals surface area contributed by atoms with Crippen LogP contribution in [0, 0.1) is 0 Å². The second kappa shape index (κ2) is 8.14. The number of aromatic nitrogens is 4. The molecule has 7 nitrogen and oxygen atoms in total. The third-order valence-electron chi connectivity index (χ3n) is 6.29. The Morgan fingerprint density at radius 2 is 1.76 bits per heavy atom. The predicted octanol–water partition coefficient (Wildman–Crippen LogP) is 4.87. The topological polar surface area (TPSA) is 81.8 Å².